The summed E-state index contributed by atoms with van der Waals surface area (Å²) in [7, 11) is 0. The lowest BCUT2D eigenvalue weighted by atomic mass is 10.0. The van der Waals surface area contributed by atoms with Gasteiger partial charge in [-0.2, -0.15) is 11.8 Å². The maximum atomic E-state index is 5.53. The molecule has 2 rings (SSSR count). The van der Waals surface area contributed by atoms with Crippen LogP contribution in [0.2, 0.25) is 0 Å². The Bertz CT molecular complexity index is 285. The first-order valence-electron chi connectivity index (χ1n) is 5.29. The van der Waals surface area contributed by atoms with Crippen LogP contribution in [-0.2, 0) is 6.42 Å². The van der Waals surface area contributed by atoms with Crippen molar-refractivity contribution in [1.82, 2.24) is 5.32 Å². The van der Waals surface area contributed by atoms with E-state index in [1.807, 2.05) is 18.0 Å². The van der Waals surface area contributed by atoms with E-state index in [2.05, 4.69) is 18.3 Å². The van der Waals surface area contributed by atoms with Gasteiger partial charge in [-0.3, -0.25) is 0 Å². The molecular weight excluding hydrogens is 194 g/mol. The van der Waals surface area contributed by atoms with Gasteiger partial charge in [-0.05, 0) is 42.5 Å². The molecule has 0 saturated carbocycles. The highest BCUT2D eigenvalue weighted by Gasteiger charge is 2.21. The summed E-state index contributed by atoms with van der Waals surface area (Å²) in [6, 6.07) is 2.56. The third kappa shape index (κ3) is 2.15. The summed E-state index contributed by atoms with van der Waals surface area (Å²) in [4.78, 5) is 0. The van der Waals surface area contributed by atoms with Gasteiger partial charge in [0.15, 0.2) is 0 Å². The summed E-state index contributed by atoms with van der Waals surface area (Å²) >= 11 is 2.00. The molecule has 14 heavy (non-hydrogen) atoms. The fourth-order valence-corrected chi connectivity index (χ4v) is 2.60. The van der Waals surface area contributed by atoms with Gasteiger partial charge in [-0.1, -0.05) is 6.92 Å². The molecule has 0 spiro atoms. The predicted molar refractivity (Wildman–Crippen MR) is 60.8 cm³/mol. The van der Waals surface area contributed by atoms with E-state index in [-0.39, 0.29) is 0 Å². The second kappa shape index (κ2) is 4.89. The van der Waals surface area contributed by atoms with Crippen LogP contribution in [0.15, 0.2) is 16.7 Å². The van der Waals surface area contributed by atoms with E-state index in [0.29, 0.717) is 6.04 Å². The van der Waals surface area contributed by atoms with Crippen LogP contribution in [0, 0.1) is 0 Å². The summed E-state index contributed by atoms with van der Waals surface area (Å²) in [5.41, 5.74) is 1.40. The summed E-state index contributed by atoms with van der Waals surface area (Å²) in [5, 5.41) is 3.51. The van der Waals surface area contributed by atoms with Crippen molar-refractivity contribution in [2.75, 3.05) is 18.1 Å². The average Bonchev–Trinajstić information content (AvgIpc) is 2.67. The van der Waals surface area contributed by atoms with Gasteiger partial charge < -0.3 is 9.73 Å². The number of fused-ring (bicyclic) bond motifs is 1. The van der Waals surface area contributed by atoms with Crippen LogP contribution in [0.5, 0.6) is 0 Å². The van der Waals surface area contributed by atoms with Gasteiger partial charge in [0.05, 0.1) is 12.3 Å². The molecule has 1 aromatic heterocycles. The molecule has 0 amide bonds. The topological polar surface area (TPSA) is 25.2 Å². The zero-order valence-electron chi connectivity index (χ0n) is 8.58. The van der Waals surface area contributed by atoms with E-state index in [1.165, 1.54) is 29.3 Å². The van der Waals surface area contributed by atoms with Crippen molar-refractivity contribution in [3.63, 3.8) is 0 Å². The quantitative estimate of drug-likeness (QED) is 0.775. The molecule has 2 nitrogen and oxygen atoms in total. The Morgan fingerprint density at radius 2 is 2.57 bits per heavy atom. The largest absolute Gasteiger partial charge is 0.467 e. The van der Waals surface area contributed by atoms with E-state index in [1.54, 1.807) is 0 Å². The molecule has 1 aromatic rings. The van der Waals surface area contributed by atoms with Crippen LogP contribution in [-0.4, -0.2) is 18.1 Å². The fourth-order valence-electron chi connectivity index (χ4n) is 1.91. The third-order valence-electron chi connectivity index (χ3n) is 2.64. The number of thioether (sulfide) groups is 1. The molecule has 0 saturated heterocycles. The summed E-state index contributed by atoms with van der Waals surface area (Å²) in [6.07, 6.45) is 4.11. The Morgan fingerprint density at radius 1 is 1.64 bits per heavy atom. The van der Waals surface area contributed by atoms with Crippen molar-refractivity contribution < 1.29 is 4.42 Å². The standard InChI is InChI=1S/C11H17NOS/c1-2-14-8-5-10-11-9(3-6-12-10)4-7-13-11/h4,7,10,12H,2-3,5-6,8H2,1H3. The van der Waals surface area contributed by atoms with Crippen LogP contribution in [0.25, 0.3) is 0 Å². The lowest BCUT2D eigenvalue weighted by Crippen LogP contribution is -2.29. The van der Waals surface area contributed by atoms with Gasteiger partial charge in [0, 0.05) is 0 Å². The van der Waals surface area contributed by atoms with Crippen LogP contribution in [0.4, 0.5) is 0 Å². The zero-order chi connectivity index (χ0) is 9.80. The van der Waals surface area contributed by atoms with Gasteiger partial charge in [0.1, 0.15) is 5.76 Å². The monoisotopic (exact) mass is 211 g/mol. The Kier molecular flexibility index (Phi) is 3.54. The van der Waals surface area contributed by atoms with Crippen molar-refractivity contribution in [3.05, 3.63) is 23.7 Å². The van der Waals surface area contributed by atoms with Gasteiger partial charge in [0.2, 0.25) is 0 Å². The van der Waals surface area contributed by atoms with Gasteiger partial charge >= 0.3 is 0 Å². The van der Waals surface area contributed by atoms with Crippen LogP contribution in [0.3, 0.4) is 0 Å². The molecule has 78 valence electrons. The molecule has 1 aliphatic rings. The van der Waals surface area contributed by atoms with E-state index in [4.69, 9.17) is 4.42 Å². The predicted octanol–water partition coefficient (Wildman–Crippen LogP) is 2.61. The molecule has 0 fully saturated rings. The minimum absolute atomic E-state index is 0.452. The van der Waals surface area contributed by atoms with E-state index in [0.717, 1.165) is 13.0 Å². The fraction of sp³-hybridized carbons (Fsp3) is 0.636. The third-order valence-corrected chi connectivity index (χ3v) is 3.57. The average molecular weight is 211 g/mol. The van der Waals surface area contributed by atoms with Crippen molar-refractivity contribution >= 4 is 11.8 Å². The molecule has 3 heteroatoms. The SMILES string of the molecule is CCSCCC1NCCc2ccoc21. The second-order valence-electron chi connectivity index (χ2n) is 3.55. The minimum Gasteiger partial charge on any atom is -0.467 e. The lowest BCUT2D eigenvalue weighted by molar-refractivity contribution is 0.385. The van der Waals surface area contributed by atoms with Gasteiger partial charge in [-0.25, -0.2) is 0 Å². The van der Waals surface area contributed by atoms with E-state index < -0.39 is 0 Å². The molecule has 1 aliphatic heterocycles. The summed E-state index contributed by atoms with van der Waals surface area (Å²) in [5.74, 6) is 3.60. The molecule has 2 heterocycles. The molecular formula is C11H17NOS. The summed E-state index contributed by atoms with van der Waals surface area (Å²) < 4.78 is 5.53. The van der Waals surface area contributed by atoms with Crippen LogP contribution in [0.1, 0.15) is 30.7 Å². The number of rotatable bonds is 4. The molecule has 0 aromatic carbocycles. The normalized spacial score (nSPS) is 20.8. The molecule has 1 unspecified atom stereocenters. The van der Waals surface area contributed by atoms with Gasteiger partial charge in [0.25, 0.3) is 0 Å². The highest BCUT2D eigenvalue weighted by molar-refractivity contribution is 7.99. The number of nitrogens with one attached hydrogen (secondary N) is 1. The van der Waals surface area contributed by atoms with Crippen LogP contribution >= 0.6 is 11.8 Å². The lowest BCUT2D eigenvalue weighted by Gasteiger charge is -2.22. The van der Waals surface area contributed by atoms with E-state index >= 15 is 0 Å². The van der Waals surface area contributed by atoms with Crippen molar-refractivity contribution in [2.45, 2.75) is 25.8 Å². The minimum atomic E-state index is 0.452. The first-order chi connectivity index (χ1) is 6.92. The second-order valence-corrected chi connectivity index (χ2v) is 4.95. The first-order valence-corrected chi connectivity index (χ1v) is 6.44. The molecule has 1 N–H and O–H groups in total. The number of hydrogen-bond acceptors (Lipinski definition) is 3. The maximum Gasteiger partial charge on any atom is 0.123 e. The Hall–Kier alpha value is -0.410. The highest BCUT2D eigenvalue weighted by Crippen LogP contribution is 2.27. The molecule has 1 atom stereocenters. The Balaban J connectivity index is 1.94. The van der Waals surface area contributed by atoms with Crippen molar-refractivity contribution in [1.29, 1.82) is 0 Å². The first kappa shape index (κ1) is 10.1. The highest BCUT2D eigenvalue weighted by atomic mass is 32.2. The molecule has 0 aliphatic carbocycles. The van der Waals surface area contributed by atoms with Crippen LogP contribution < -0.4 is 5.32 Å². The Labute approximate surface area is 89.4 Å². The number of furan rings is 1. The van der Waals surface area contributed by atoms with E-state index in [9.17, 15) is 0 Å². The molecule has 0 radical (unpaired) electrons. The smallest absolute Gasteiger partial charge is 0.123 e. The van der Waals surface area contributed by atoms with Crippen molar-refractivity contribution in [3.8, 4) is 0 Å². The number of hydrogen-bond donors (Lipinski definition) is 1. The maximum absolute atomic E-state index is 5.53. The Morgan fingerprint density at radius 3 is 3.43 bits per heavy atom. The van der Waals surface area contributed by atoms with Crippen molar-refractivity contribution in [2.24, 2.45) is 0 Å². The zero-order valence-corrected chi connectivity index (χ0v) is 9.40. The van der Waals surface area contributed by atoms with Gasteiger partial charge in [-0.15, -0.1) is 0 Å². The summed E-state index contributed by atoms with van der Waals surface area (Å²) in [6.45, 7) is 3.30. The molecule has 0 bridgehead atoms.